The number of benzene rings is 2. The van der Waals surface area contributed by atoms with Gasteiger partial charge in [0.15, 0.2) is 0 Å². The highest BCUT2D eigenvalue weighted by atomic mass is 32.2. The molecule has 0 amide bonds. The first-order chi connectivity index (χ1) is 10.2. The quantitative estimate of drug-likeness (QED) is 0.867. The summed E-state index contributed by atoms with van der Waals surface area (Å²) in [5.41, 5.74) is 2.02. The van der Waals surface area contributed by atoms with Crippen LogP contribution in [0.5, 0.6) is 5.75 Å². The molecule has 0 bridgehead atoms. The Morgan fingerprint density at radius 3 is 2.81 bits per heavy atom. The second kappa shape index (κ2) is 6.50. The molecule has 0 fully saturated rings. The zero-order valence-corrected chi connectivity index (χ0v) is 12.4. The van der Waals surface area contributed by atoms with Crippen molar-refractivity contribution in [2.24, 2.45) is 0 Å². The van der Waals surface area contributed by atoms with Crippen molar-refractivity contribution in [3.63, 3.8) is 0 Å². The monoisotopic (exact) mass is 304 g/mol. The summed E-state index contributed by atoms with van der Waals surface area (Å²) in [6.45, 7) is 0.710. The summed E-state index contributed by atoms with van der Waals surface area (Å²) in [6.07, 6.45) is 1.44. The van der Waals surface area contributed by atoms with Gasteiger partial charge in [-0.1, -0.05) is 18.2 Å². The smallest absolute Gasteiger partial charge is 0.128 e. The molecule has 1 unspecified atom stereocenters. The fraction of sp³-hybridized carbons (Fsp3) is 0.294. The molecule has 1 N–H and O–H groups in total. The normalized spacial score (nSPS) is 15.1. The Bertz CT molecular complexity index is 613. The highest BCUT2D eigenvalue weighted by Gasteiger charge is 2.19. The van der Waals surface area contributed by atoms with E-state index in [2.05, 4.69) is 6.07 Å². The summed E-state index contributed by atoms with van der Waals surface area (Å²) in [6, 6.07) is 12.3. The molecule has 0 aliphatic carbocycles. The number of aliphatic hydroxyl groups excluding tert-OH is 1. The van der Waals surface area contributed by atoms with Crippen molar-refractivity contribution in [1.29, 1.82) is 0 Å². The van der Waals surface area contributed by atoms with Crippen LogP contribution in [-0.2, 0) is 6.42 Å². The van der Waals surface area contributed by atoms with Crippen molar-refractivity contribution >= 4 is 11.8 Å². The van der Waals surface area contributed by atoms with Gasteiger partial charge in [0, 0.05) is 16.2 Å². The molecule has 1 aliphatic rings. The molecule has 110 valence electrons. The molecule has 2 aromatic carbocycles. The lowest BCUT2D eigenvalue weighted by Crippen LogP contribution is -2.13. The van der Waals surface area contributed by atoms with Gasteiger partial charge in [-0.25, -0.2) is 4.39 Å². The zero-order valence-electron chi connectivity index (χ0n) is 11.6. The molecule has 0 saturated heterocycles. The lowest BCUT2D eigenvalue weighted by molar-refractivity contribution is 0.192. The van der Waals surface area contributed by atoms with Crippen LogP contribution in [-0.4, -0.2) is 17.5 Å². The topological polar surface area (TPSA) is 29.5 Å². The first-order valence-electron chi connectivity index (χ1n) is 7.05. The van der Waals surface area contributed by atoms with Gasteiger partial charge in [0.1, 0.15) is 11.6 Å². The van der Waals surface area contributed by atoms with E-state index in [1.165, 1.54) is 29.5 Å². The van der Waals surface area contributed by atoms with E-state index in [0.29, 0.717) is 12.4 Å². The van der Waals surface area contributed by atoms with E-state index in [1.807, 2.05) is 12.1 Å². The number of aryl methyl sites for hydroxylation is 1. The van der Waals surface area contributed by atoms with Crippen molar-refractivity contribution in [1.82, 2.24) is 0 Å². The molecule has 0 spiro atoms. The molecule has 1 heterocycles. The fourth-order valence-corrected chi connectivity index (χ4v) is 3.33. The molecule has 21 heavy (non-hydrogen) atoms. The number of hydrogen-bond acceptors (Lipinski definition) is 3. The second-order valence-electron chi connectivity index (χ2n) is 5.07. The predicted molar refractivity (Wildman–Crippen MR) is 82.3 cm³/mol. The minimum absolute atomic E-state index is 0.245. The van der Waals surface area contributed by atoms with E-state index in [0.717, 1.165) is 29.1 Å². The van der Waals surface area contributed by atoms with Crippen LogP contribution in [0.2, 0.25) is 0 Å². The number of thioether (sulfide) groups is 1. The Hall–Kier alpha value is -1.52. The largest absolute Gasteiger partial charge is 0.493 e. The van der Waals surface area contributed by atoms with Crippen molar-refractivity contribution in [3.05, 3.63) is 59.4 Å². The van der Waals surface area contributed by atoms with Gasteiger partial charge in [0.05, 0.1) is 12.7 Å². The van der Waals surface area contributed by atoms with Gasteiger partial charge < -0.3 is 9.84 Å². The summed E-state index contributed by atoms with van der Waals surface area (Å²) in [7, 11) is 0. The van der Waals surface area contributed by atoms with Gasteiger partial charge in [-0.15, -0.1) is 11.8 Å². The van der Waals surface area contributed by atoms with Crippen LogP contribution in [0, 0.1) is 5.82 Å². The standard InChI is InChI=1S/C17H17FO2S/c18-13-6-8-14(9-7-13)21-11-16(19)15-5-1-3-12-4-2-10-20-17(12)15/h1,3,5-9,16,19H,2,4,10-11H2. The molecular formula is C17H17FO2S. The van der Waals surface area contributed by atoms with E-state index in [9.17, 15) is 9.50 Å². The summed E-state index contributed by atoms with van der Waals surface area (Å²) >= 11 is 1.51. The molecule has 0 saturated carbocycles. The van der Waals surface area contributed by atoms with Crippen molar-refractivity contribution in [3.8, 4) is 5.75 Å². The van der Waals surface area contributed by atoms with Gasteiger partial charge in [0.2, 0.25) is 0 Å². The van der Waals surface area contributed by atoms with E-state index in [-0.39, 0.29) is 5.82 Å². The summed E-state index contributed by atoms with van der Waals surface area (Å²) in [5, 5.41) is 10.4. The average Bonchev–Trinajstić information content (AvgIpc) is 2.53. The first-order valence-corrected chi connectivity index (χ1v) is 8.03. The Labute approximate surface area is 128 Å². The second-order valence-corrected chi connectivity index (χ2v) is 6.16. The van der Waals surface area contributed by atoms with Gasteiger partial charge in [-0.2, -0.15) is 0 Å². The van der Waals surface area contributed by atoms with Crippen molar-refractivity contribution < 1.29 is 14.2 Å². The number of halogens is 1. The van der Waals surface area contributed by atoms with Gasteiger partial charge in [-0.3, -0.25) is 0 Å². The highest BCUT2D eigenvalue weighted by Crippen LogP contribution is 2.35. The highest BCUT2D eigenvalue weighted by molar-refractivity contribution is 7.99. The molecule has 2 aromatic rings. The number of fused-ring (bicyclic) bond motifs is 1. The lowest BCUT2D eigenvalue weighted by atomic mass is 10.00. The number of rotatable bonds is 4. The maximum atomic E-state index is 12.9. The Morgan fingerprint density at radius 2 is 2.00 bits per heavy atom. The molecule has 3 rings (SSSR count). The third-order valence-electron chi connectivity index (χ3n) is 3.54. The third-order valence-corrected chi connectivity index (χ3v) is 4.63. The Morgan fingerprint density at radius 1 is 1.19 bits per heavy atom. The molecule has 4 heteroatoms. The minimum Gasteiger partial charge on any atom is -0.493 e. The molecule has 0 aromatic heterocycles. The predicted octanol–water partition coefficient (Wildman–Crippen LogP) is 3.98. The van der Waals surface area contributed by atoms with E-state index < -0.39 is 6.10 Å². The minimum atomic E-state index is -0.590. The van der Waals surface area contributed by atoms with E-state index >= 15 is 0 Å². The van der Waals surface area contributed by atoms with Crippen molar-refractivity contribution in [2.75, 3.05) is 12.4 Å². The van der Waals surface area contributed by atoms with E-state index in [1.54, 1.807) is 12.1 Å². The first kappa shape index (κ1) is 14.4. The molecule has 1 atom stereocenters. The van der Waals surface area contributed by atoms with Crippen LogP contribution in [0.25, 0.3) is 0 Å². The Kier molecular flexibility index (Phi) is 4.46. The van der Waals surface area contributed by atoms with Crippen LogP contribution >= 0.6 is 11.8 Å². The van der Waals surface area contributed by atoms with Crippen molar-refractivity contribution in [2.45, 2.75) is 23.8 Å². The number of aliphatic hydroxyl groups is 1. The number of para-hydroxylation sites is 1. The maximum Gasteiger partial charge on any atom is 0.128 e. The van der Waals surface area contributed by atoms with Gasteiger partial charge >= 0.3 is 0 Å². The zero-order chi connectivity index (χ0) is 14.7. The summed E-state index contributed by atoms with van der Waals surface area (Å²) < 4.78 is 18.6. The average molecular weight is 304 g/mol. The Balaban J connectivity index is 1.70. The molecule has 1 aliphatic heterocycles. The van der Waals surface area contributed by atoms with Crippen LogP contribution < -0.4 is 4.74 Å². The summed E-state index contributed by atoms with van der Waals surface area (Å²) in [5.74, 6) is 1.12. The van der Waals surface area contributed by atoms with Crippen LogP contribution in [0.1, 0.15) is 23.7 Å². The van der Waals surface area contributed by atoms with E-state index in [4.69, 9.17) is 4.74 Å². The fourth-order valence-electron chi connectivity index (χ4n) is 2.47. The third kappa shape index (κ3) is 3.39. The molecular weight excluding hydrogens is 287 g/mol. The lowest BCUT2D eigenvalue weighted by Gasteiger charge is -2.22. The molecule has 2 nitrogen and oxygen atoms in total. The van der Waals surface area contributed by atoms with Gasteiger partial charge in [0.25, 0.3) is 0 Å². The summed E-state index contributed by atoms with van der Waals surface area (Å²) in [4.78, 5) is 0.946. The van der Waals surface area contributed by atoms with Crippen LogP contribution in [0.4, 0.5) is 4.39 Å². The number of ether oxygens (including phenoxy) is 1. The number of hydrogen-bond donors (Lipinski definition) is 1. The van der Waals surface area contributed by atoms with Crippen LogP contribution in [0.15, 0.2) is 47.4 Å². The SMILES string of the molecule is OC(CSc1ccc(F)cc1)c1cccc2c1OCCC2. The van der Waals surface area contributed by atoms with Crippen LogP contribution in [0.3, 0.4) is 0 Å². The maximum absolute atomic E-state index is 12.9. The molecule has 0 radical (unpaired) electrons. The van der Waals surface area contributed by atoms with Gasteiger partial charge in [-0.05, 0) is 42.7 Å².